The summed E-state index contributed by atoms with van der Waals surface area (Å²) in [4.78, 5) is 23.7. The highest BCUT2D eigenvalue weighted by atomic mass is 32.2. The van der Waals surface area contributed by atoms with E-state index in [0.29, 0.717) is 0 Å². The molecule has 0 atom stereocenters. The fraction of sp³-hybridized carbons (Fsp3) is 0.375. The second kappa shape index (κ2) is 9.76. The first-order valence-corrected chi connectivity index (χ1v) is 8.96. The van der Waals surface area contributed by atoms with Crippen LogP contribution in [0.2, 0.25) is 0 Å². The lowest BCUT2D eigenvalue weighted by molar-refractivity contribution is -0.123. The van der Waals surface area contributed by atoms with Crippen LogP contribution in [0.15, 0.2) is 23.1 Å². The number of aliphatic hydroxyl groups excluding tert-OH is 1. The summed E-state index contributed by atoms with van der Waals surface area (Å²) in [5.74, 6) is 0.731. The van der Waals surface area contributed by atoms with E-state index in [2.05, 4.69) is 16.6 Å². The van der Waals surface area contributed by atoms with E-state index >= 15 is 0 Å². The van der Waals surface area contributed by atoms with Gasteiger partial charge in [0.15, 0.2) is 6.61 Å². The van der Waals surface area contributed by atoms with Crippen molar-refractivity contribution in [2.24, 2.45) is 0 Å². The number of anilines is 1. The standard InChI is InChI=1S/C16H21N3O6S/c1-4-7-18-15(21)11-25-16(22)13-10-12(26(23,24)19(2)3)5-6-14(13)17-8-9-20/h1,5-6,10,17,20H,7-9,11H2,2-3H3,(H,18,21). The van der Waals surface area contributed by atoms with Crippen LogP contribution in [0.1, 0.15) is 10.4 Å². The lowest BCUT2D eigenvalue weighted by Gasteiger charge is -2.15. The minimum atomic E-state index is -3.77. The van der Waals surface area contributed by atoms with Crippen molar-refractivity contribution in [2.45, 2.75) is 4.90 Å². The third-order valence-corrected chi connectivity index (χ3v) is 4.95. The van der Waals surface area contributed by atoms with Gasteiger partial charge in [0, 0.05) is 26.3 Å². The molecule has 142 valence electrons. The predicted molar refractivity (Wildman–Crippen MR) is 95.0 cm³/mol. The molecule has 0 heterocycles. The third-order valence-electron chi connectivity index (χ3n) is 3.14. The molecular weight excluding hydrogens is 362 g/mol. The Morgan fingerprint density at radius 2 is 2.04 bits per heavy atom. The van der Waals surface area contributed by atoms with Crippen LogP contribution in [-0.2, 0) is 19.6 Å². The highest BCUT2D eigenvalue weighted by molar-refractivity contribution is 7.89. The number of nitrogens with one attached hydrogen (secondary N) is 2. The van der Waals surface area contributed by atoms with Gasteiger partial charge in [-0.15, -0.1) is 6.42 Å². The molecule has 0 aliphatic carbocycles. The van der Waals surface area contributed by atoms with Gasteiger partial charge >= 0.3 is 5.97 Å². The van der Waals surface area contributed by atoms with Gasteiger partial charge in [0.05, 0.1) is 23.6 Å². The summed E-state index contributed by atoms with van der Waals surface area (Å²) < 4.78 is 30.4. The van der Waals surface area contributed by atoms with Gasteiger partial charge < -0.3 is 20.5 Å². The molecule has 0 unspecified atom stereocenters. The minimum Gasteiger partial charge on any atom is -0.452 e. The summed E-state index contributed by atoms with van der Waals surface area (Å²) in [6.45, 7) is -0.621. The van der Waals surface area contributed by atoms with Crippen molar-refractivity contribution >= 4 is 27.6 Å². The van der Waals surface area contributed by atoms with Crippen LogP contribution in [-0.4, -0.2) is 70.1 Å². The van der Waals surface area contributed by atoms with Crippen molar-refractivity contribution in [1.29, 1.82) is 0 Å². The van der Waals surface area contributed by atoms with E-state index < -0.39 is 28.5 Å². The summed E-state index contributed by atoms with van der Waals surface area (Å²) in [5.41, 5.74) is 0.192. The maximum absolute atomic E-state index is 12.3. The number of hydrogen-bond donors (Lipinski definition) is 3. The summed E-state index contributed by atoms with van der Waals surface area (Å²) in [6, 6.07) is 3.86. The van der Waals surface area contributed by atoms with Crippen LogP contribution in [0.4, 0.5) is 5.69 Å². The molecule has 0 saturated carbocycles. The van der Waals surface area contributed by atoms with Crippen LogP contribution in [0, 0.1) is 12.3 Å². The molecule has 26 heavy (non-hydrogen) atoms. The fourth-order valence-corrected chi connectivity index (χ4v) is 2.75. The molecule has 3 N–H and O–H groups in total. The van der Waals surface area contributed by atoms with Gasteiger partial charge in [-0.25, -0.2) is 17.5 Å². The number of benzene rings is 1. The first-order chi connectivity index (χ1) is 12.2. The molecule has 0 saturated heterocycles. The van der Waals surface area contributed by atoms with Crippen molar-refractivity contribution in [1.82, 2.24) is 9.62 Å². The van der Waals surface area contributed by atoms with Crippen molar-refractivity contribution in [3.63, 3.8) is 0 Å². The van der Waals surface area contributed by atoms with Crippen LogP contribution in [0.25, 0.3) is 0 Å². The zero-order valence-electron chi connectivity index (χ0n) is 14.5. The van der Waals surface area contributed by atoms with Gasteiger partial charge in [-0.3, -0.25) is 4.79 Å². The lowest BCUT2D eigenvalue weighted by atomic mass is 10.2. The van der Waals surface area contributed by atoms with Gasteiger partial charge in [0.25, 0.3) is 5.91 Å². The van der Waals surface area contributed by atoms with Gasteiger partial charge in [-0.2, -0.15) is 0 Å². The number of aliphatic hydroxyl groups is 1. The fourth-order valence-electron chi connectivity index (χ4n) is 1.82. The molecule has 0 spiro atoms. The van der Waals surface area contributed by atoms with Crippen LogP contribution in [0.5, 0.6) is 0 Å². The zero-order valence-corrected chi connectivity index (χ0v) is 15.3. The molecule has 1 amide bonds. The number of carbonyl (C=O) groups is 2. The molecule has 0 bridgehead atoms. The number of nitrogens with zero attached hydrogens (tertiary/aromatic N) is 1. The van der Waals surface area contributed by atoms with Gasteiger partial charge in [0.1, 0.15) is 0 Å². The summed E-state index contributed by atoms with van der Waals surface area (Å²) in [5, 5.41) is 14.0. The summed E-state index contributed by atoms with van der Waals surface area (Å²) >= 11 is 0. The third kappa shape index (κ3) is 5.73. The summed E-state index contributed by atoms with van der Waals surface area (Å²) in [6.07, 6.45) is 5.01. The number of amides is 1. The summed E-state index contributed by atoms with van der Waals surface area (Å²) in [7, 11) is -1.04. The Hall–Kier alpha value is -2.61. The predicted octanol–water partition coefficient (Wildman–Crippen LogP) is -0.753. The molecule has 1 aromatic rings. The minimum absolute atomic E-state index is 0.00372. The molecule has 0 radical (unpaired) electrons. The number of carbonyl (C=O) groups excluding carboxylic acids is 2. The average molecular weight is 383 g/mol. The molecule has 1 aromatic carbocycles. The quantitative estimate of drug-likeness (QED) is 0.378. The van der Waals surface area contributed by atoms with E-state index in [-0.39, 0.29) is 35.8 Å². The number of ether oxygens (including phenoxy) is 1. The Bertz CT molecular complexity index is 799. The second-order valence-electron chi connectivity index (χ2n) is 5.20. The Morgan fingerprint density at radius 1 is 1.35 bits per heavy atom. The monoisotopic (exact) mass is 383 g/mol. The topological polar surface area (TPSA) is 125 Å². The van der Waals surface area contributed by atoms with Crippen molar-refractivity contribution < 1.29 is 27.9 Å². The maximum atomic E-state index is 12.3. The highest BCUT2D eigenvalue weighted by Crippen LogP contribution is 2.23. The Labute approximate surface area is 152 Å². The van der Waals surface area contributed by atoms with E-state index in [1.807, 2.05) is 0 Å². The lowest BCUT2D eigenvalue weighted by Crippen LogP contribution is -2.29. The van der Waals surface area contributed by atoms with Crippen LogP contribution in [0.3, 0.4) is 0 Å². The smallest absolute Gasteiger partial charge is 0.340 e. The molecule has 1 rings (SSSR count). The molecule has 0 aliphatic rings. The average Bonchev–Trinajstić information content (AvgIpc) is 2.62. The van der Waals surface area contributed by atoms with E-state index in [4.69, 9.17) is 16.3 Å². The maximum Gasteiger partial charge on any atom is 0.340 e. The highest BCUT2D eigenvalue weighted by Gasteiger charge is 2.22. The number of hydrogen-bond acceptors (Lipinski definition) is 7. The number of rotatable bonds is 9. The Kier molecular flexibility index (Phi) is 8.05. The van der Waals surface area contributed by atoms with E-state index in [0.717, 1.165) is 10.4 Å². The van der Waals surface area contributed by atoms with Crippen LogP contribution < -0.4 is 10.6 Å². The second-order valence-corrected chi connectivity index (χ2v) is 7.35. The Balaban J connectivity index is 3.09. The van der Waals surface area contributed by atoms with Crippen LogP contribution >= 0.6 is 0 Å². The molecule has 0 aromatic heterocycles. The van der Waals surface area contributed by atoms with Crippen molar-refractivity contribution in [3.05, 3.63) is 23.8 Å². The first kappa shape index (κ1) is 21.4. The molecule has 9 nitrogen and oxygen atoms in total. The largest absolute Gasteiger partial charge is 0.452 e. The number of sulfonamides is 1. The molecular formula is C16H21N3O6S. The van der Waals surface area contributed by atoms with E-state index in [1.54, 1.807) is 0 Å². The molecule has 10 heteroatoms. The normalized spacial score (nSPS) is 10.9. The van der Waals surface area contributed by atoms with Crippen molar-refractivity contribution in [2.75, 3.05) is 45.7 Å². The number of esters is 1. The van der Waals surface area contributed by atoms with E-state index in [1.165, 1.54) is 26.2 Å². The first-order valence-electron chi connectivity index (χ1n) is 7.52. The Morgan fingerprint density at radius 3 is 2.62 bits per heavy atom. The number of terminal acetylenes is 1. The van der Waals surface area contributed by atoms with Gasteiger partial charge in [-0.1, -0.05) is 5.92 Å². The molecule has 0 fully saturated rings. The SMILES string of the molecule is C#CCNC(=O)COC(=O)c1cc(S(=O)(=O)N(C)C)ccc1NCCO. The zero-order chi connectivity index (χ0) is 19.7. The van der Waals surface area contributed by atoms with Gasteiger partial charge in [0.2, 0.25) is 10.0 Å². The van der Waals surface area contributed by atoms with Crippen molar-refractivity contribution in [3.8, 4) is 12.3 Å². The molecule has 0 aliphatic heterocycles. The van der Waals surface area contributed by atoms with E-state index in [9.17, 15) is 18.0 Å². The van der Waals surface area contributed by atoms with Gasteiger partial charge in [-0.05, 0) is 18.2 Å².